The van der Waals surface area contributed by atoms with Crippen molar-refractivity contribution in [2.45, 2.75) is 44.6 Å². The highest BCUT2D eigenvalue weighted by molar-refractivity contribution is 7.12. The number of benzene rings is 2. The van der Waals surface area contributed by atoms with E-state index < -0.39 is 17.9 Å². The number of carbonyl (C=O) groups is 4. The summed E-state index contributed by atoms with van der Waals surface area (Å²) in [5.74, 6) is -2.57. The number of guanidine groups is 1. The van der Waals surface area contributed by atoms with Gasteiger partial charge >= 0.3 is 17.9 Å². The zero-order chi connectivity index (χ0) is 29.5. The number of esters is 1. The number of fused-ring (bicyclic) bond motifs is 1. The Balaban J connectivity index is 0.00000484. The molecule has 1 aliphatic carbocycles. The van der Waals surface area contributed by atoms with Gasteiger partial charge in [0.2, 0.25) is 5.91 Å². The van der Waals surface area contributed by atoms with Crippen LogP contribution >= 0.6 is 23.7 Å². The Hall–Kier alpha value is -4.42. The van der Waals surface area contributed by atoms with Crippen molar-refractivity contribution in [3.05, 3.63) is 81.0 Å². The van der Waals surface area contributed by atoms with Crippen molar-refractivity contribution in [3.8, 4) is 5.75 Å². The van der Waals surface area contributed by atoms with Crippen LogP contribution in [0.25, 0.3) is 0 Å². The maximum absolute atomic E-state index is 13.4. The Morgan fingerprint density at radius 1 is 1.05 bits per heavy atom. The molecule has 1 aliphatic rings. The summed E-state index contributed by atoms with van der Waals surface area (Å²) in [6.45, 7) is 0.158. The van der Waals surface area contributed by atoms with Gasteiger partial charge in [-0.15, -0.1) is 23.7 Å². The Bertz CT molecular complexity index is 1490. The summed E-state index contributed by atoms with van der Waals surface area (Å²) in [6.07, 6.45) is 2.37. The first-order valence-electron chi connectivity index (χ1n) is 12.9. The molecule has 0 fully saturated rings. The molecule has 6 N–H and O–H groups in total. The zero-order valence-electron chi connectivity index (χ0n) is 22.5. The molecule has 1 atom stereocenters. The van der Waals surface area contributed by atoms with Gasteiger partial charge in [0.05, 0.1) is 17.7 Å². The third-order valence-electron chi connectivity index (χ3n) is 6.73. The highest BCUT2D eigenvalue weighted by Crippen LogP contribution is 2.36. The van der Waals surface area contributed by atoms with E-state index in [1.807, 2.05) is 12.1 Å². The minimum Gasteiger partial charge on any atom is -0.481 e. The number of amides is 1. The van der Waals surface area contributed by atoms with E-state index >= 15 is 0 Å². The van der Waals surface area contributed by atoms with Crippen LogP contribution in [0.1, 0.15) is 68.3 Å². The van der Waals surface area contributed by atoms with Gasteiger partial charge < -0.3 is 31.3 Å². The van der Waals surface area contributed by atoms with Crippen LogP contribution in [0.3, 0.4) is 0 Å². The predicted molar refractivity (Wildman–Crippen MR) is 160 cm³/mol. The van der Waals surface area contributed by atoms with Gasteiger partial charge in [0, 0.05) is 19.5 Å². The number of hydrogen-bond donors (Lipinski definition) is 4. The van der Waals surface area contributed by atoms with Crippen LogP contribution in [0.2, 0.25) is 0 Å². The number of rotatable bonds is 11. The minimum atomic E-state index is -1.05. The average Bonchev–Trinajstić information content (AvgIpc) is 3.40. The lowest BCUT2D eigenvalue weighted by atomic mass is 9.80. The van der Waals surface area contributed by atoms with Crippen molar-refractivity contribution in [2.24, 2.45) is 16.5 Å². The van der Waals surface area contributed by atoms with E-state index in [4.69, 9.17) is 16.2 Å². The van der Waals surface area contributed by atoms with Gasteiger partial charge in [0.15, 0.2) is 5.96 Å². The summed E-state index contributed by atoms with van der Waals surface area (Å²) in [5, 5.41) is 20.0. The molecule has 0 saturated heterocycles. The average molecular weight is 615 g/mol. The van der Waals surface area contributed by atoms with Crippen LogP contribution in [0.5, 0.6) is 5.75 Å². The topological polar surface area (TPSA) is 186 Å². The highest BCUT2D eigenvalue weighted by atomic mass is 35.5. The standard InChI is InChI=1S/C29H30N4O7S.ClH/c30-29(31)32-21-6-4-18(5-7-21)28(39)40-22-8-9-23-19(13-22)2-1-3-20(23)14-25(34)33(11-10-26(35)36)15-17-12-24(27(37)38)41-16-17;/h4-9,12-13,16,20H,1-3,10-11,14-15H2,(H,35,36)(H,37,38)(H4,30,31,32);1H. The number of nitrogens with two attached hydrogens (primary N) is 2. The molecule has 3 aromatic rings. The Morgan fingerprint density at radius 3 is 2.43 bits per heavy atom. The number of thiophene rings is 1. The van der Waals surface area contributed by atoms with E-state index in [1.165, 1.54) is 11.0 Å². The quantitative estimate of drug-likeness (QED) is 0.106. The monoisotopic (exact) mass is 614 g/mol. The normalized spacial score (nSPS) is 13.7. The van der Waals surface area contributed by atoms with Gasteiger partial charge in [0.25, 0.3) is 0 Å². The van der Waals surface area contributed by atoms with Crippen LogP contribution < -0.4 is 16.2 Å². The number of aliphatic carboxylic acids is 1. The molecular weight excluding hydrogens is 584 g/mol. The second-order valence-electron chi connectivity index (χ2n) is 9.71. The first-order valence-corrected chi connectivity index (χ1v) is 13.8. The number of aryl methyl sites for hydroxylation is 1. The molecule has 4 rings (SSSR count). The highest BCUT2D eigenvalue weighted by Gasteiger charge is 2.26. The van der Waals surface area contributed by atoms with Crippen molar-refractivity contribution in [1.82, 2.24) is 4.90 Å². The van der Waals surface area contributed by atoms with Gasteiger partial charge in [-0.05, 0) is 89.7 Å². The number of aromatic carboxylic acids is 1. The molecule has 42 heavy (non-hydrogen) atoms. The first-order chi connectivity index (χ1) is 19.6. The van der Waals surface area contributed by atoms with Crippen LogP contribution in [0, 0.1) is 0 Å². The van der Waals surface area contributed by atoms with E-state index in [-0.39, 0.29) is 61.0 Å². The van der Waals surface area contributed by atoms with E-state index in [0.29, 0.717) is 22.6 Å². The zero-order valence-corrected chi connectivity index (χ0v) is 24.2. The summed E-state index contributed by atoms with van der Waals surface area (Å²) in [7, 11) is 0. The number of ether oxygens (including phenoxy) is 1. The van der Waals surface area contributed by atoms with Crippen LogP contribution in [0.15, 0.2) is 58.9 Å². The molecule has 11 nitrogen and oxygen atoms in total. The Morgan fingerprint density at radius 2 is 1.79 bits per heavy atom. The number of nitrogens with zero attached hydrogens (tertiary/aromatic N) is 2. The molecule has 2 aromatic carbocycles. The third-order valence-corrected chi connectivity index (χ3v) is 7.70. The molecule has 0 spiro atoms. The molecule has 0 aliphatic heterocycles. The lowest BCUT2D eigenvalue weighted by Crippen LogP contribution is -2.33. The van der Waals surface area contributed by atoms with E-state index in [2.05, 4.69) is 4.99 Å². The van der Waals surface area contributed by atoms with Crippen LogP contribution in [-0.4, -0.2) is 51.4 Å². The molecule has 0 bridgehead atoms. The number of carboxylic acid groups (broad SMARTS) is 2. The largest absolute Gasteiger partial charge is 0.481 e. The molecule has 1 heterocycles. The smallest absolute Gasteiger partial charge is 0.345 e. The third kappa shape index (κ3) is 8.54. The summed E-state index contributed by atoms with van der Waals surface area (Å²) < 4.78 is 5.59. The lowest BCUT2D eigenvalue weighted by Gasteiger charge is -2.29. The second kappa shape index (κ2) is 14.5. The molecule has 0 radical (unpaired) electrons. The summed E-state index contributed by atoms with van der Waals surface area (Å²) >= 11 is 1.06. The van der Waals surface area contributed by atoms with Gasteiger partial charge in [-0.1, -0.05) is 6.07 Å². The summed E-state index contributed by atoms with van der Waals surface area (Å²) in [6, 6.07) is 13.2. The Kier molecular flexibility index (Phi) is 11.1. The van der Waals surface area contributed by atoms with Crippen molar-refractivity contribution >= 4 is 59.2 Å². The number of hydrogen-bond acceptors (Lipinski definition) is 7. The molecule has 0 saturated carbocycles. The van der Waals surface area contributed by atoms with Gasteiger partial charge in [0.1, 0.15) is 10.6 Å². The molecule has 1 aromatic heterocycles. The fraction of sp³-hybridized carbons (Fsp3) is 0.276. The first kappa shape index (κ1) is 32.1. The fourth-order valence-corrected chi connectivity index (χ4v) is 5.55. The number of carbonyl (C=O) groups excluding carboxylic acids is 2. The maximum atomic E-state index is 13.4. The number of carboxylic acids is 2. The fourth-order valence-electron chi connectivity index (χ4n) is 4.81. The Labute approximate surface area is 252 Å². The molecule has 13 heteroatoms. The number of aliphatic imine (C=N–C) groups is 1. The molecular formula is C29H31ClN4O7S. The minimum absolute atomic E-state index is 0. The summed E-state index contributed by atoms with van der Waals surface area (Å²) in [5.41, 5.74) is 14.2. The molecule has 1 unspecified atom stereocenters. The number of halogens is 1. The molecule has 222 valence electrons. The second-order valence-corrected chi connectivity index (χ2v) is 10.6. The molecule has 1 amide bonds. The van der Waals surface area contributed by atoms with Gasteiger partial charge in [-0.25, -0.2) is 14.6 Å². The van der Waals surface area contributed by atoms with Crippen molar-refractivity contribution in [2.75, 3.05) is 6.54 Å². The predicted octanol–water partition coefficient (Wildman–Crippen LogP) is 4.31. The van der Waals surface area contributed by atoms with E-state index in [9.17, 15) is 29.4 Å². The van der Waals surface area contributed by atoms with Crippen molar-refractivity contribution in [1.29, 1.82) is 0 Å². The SMILES string of the molecule is Cl.NC(N)=Nc1ccc(C(=O)Oc2ccc3c(c2)CCCC3CC(=O)N(CCC(=O)O)Cc2csc(C(=O)O)c2)cc1. The van der Waals surface area contributed by atoms with Gasteiger partial charge in [-0.2, -0.15) is 0 Å². The van der Waals surface area contributed by atoms with Crippen molar-refractivity contribution in [3.63, 3.8) is 0 Å². The lowest BCUT2D eigenvalue weighted by molar-refractivity contribution is -0.138. The van der Waals surface area contributed by atoms with Crippen molar-refractivity contribution < 1.29 is 34.1 Å². The van der Waals surface area contributed by atoms with Crippen LogP contribution in [-0.2, 0) is 22.6 Å². The van der Waals surface area contributed by atoms with Gasteiger partial charge in [-0.3, -0.25) is 9.59 Å². The van der Waals surface area contributed by atoms with Crippen LogP contribution in [0.4, 0.5) is 5.69 Å². The van der Waals surface area contributed by atoms with E-state index in [0.717, 1.165) is 41.7 Å². The maximum Gasteiger partial charge on any atom is 0.345 e. The van der Waals surface area contributed by atoms with E-state index in [1.54, 1.807) is 35.7 Å². The summed E-state index contributed by atoms with van der Waals surface area (Å²) in [4.78, 5) is 54.0.